The summed E-state index contributed by atoms with van der Waals surface area (Å²) in [4.78, 5) is 0. The van der Waals surface area contributed by atoms with Gasteiger partial charge in [0.05, 0.1) is 5.69 Å². The number of benzene rings is 1. The summed E-state index contributed by atoms with van der Waals surface area (Å²) >= 11 is 0. The molecular weight excluding hydrogens is 227 g/mol. The number of hydrogen-bond donors (Lipinski definition) is 2. The maximum absolute atomic E-state index is 12.6. The molecule has 1 aromatic rings. The number of nitrogens with two attached hydrogens (primary N) is 1. The average molecular weight is 235 g/mol. The summed E-state index contributed by atoms with van der Waals surface area (Å²) in [6.07, 6.45) is -4.60. The summed E-state index contributed by atoms with van der Waals surface area (Å²) in [5, 5.41) is 9.44. The molecule has 0 spiro atoms. The van der Waals surface area contributed by atoms with E-state index in [1.165, 1.54) is 0 Å². The van der Waals surface area contributed by atoms with Gasteiger partial charge in [0.25, 0.3) is 0 Å². The fourth-order valence-electron chi connectivity index (χ4n) is 1.43. The van der Waals surface area contributed by atoms with Crippen molar-refractivity contribution >= 4 is 5.69 Å². The molecule has 3 N–H and O–H groups in total. The van der Waals surface area contributed by atoms with E-state index >= 15 is 0 Å². The summed E-state index contributed by atoms with van der Waals surface area (Å²) in [6, 6.07) is 0.628. The molecule has 0 amide bonds. The Kier molecular flexibility index (Phi) is 2.25. The number of ether oxygens (including phenoxy) is 2. The zero-order valence-electron chi connectivity index (χ0n) is 7.97. The van der Waals surface area contributed by atoms with E-state index in [1.54, 1.807) is 0 Å². The largest absolute Gasteiger partial charge is 0.503 e. The minimum absolute atomic E-state index is 0.000557. The van der Waals surface area contributed by atoms with Gasteiger partial charge in [-0.1, -0.05) is 0 Å². The molecule has 1 aromatic carbocycles. The minimum atomic E-state index is -4.60. The third-order valence-electron chi connectivity index (χ3n) is 2.12. The van der Waals surface area contributed by atoms with Crippen molar-refractivity contribution in [3.05, 3.63) is 11.6 Å². The maximum Gasteiger partial charge on any atom is 0.420 e. The van der Waals surface area contributed by atoms with Gasteiger partial charge in [-0.25, -0.2) is 0 Å². The second kappa shape index (κ2) is 3.36. The van der Waals surface area contributed by atoms with Crippen molar-refractivity contribution in [2.24, 2.45) is 0 Å². The van der Waals surface area contributed by atoms with Crippen LogP contribution >= 0.6 is 0 Å². The van der Waals surface area contributed by atoms with Gasteiger partial charge in [0.2, 0.25) is 5.75 Å². The number of anilines is 1. The lowest BCUT2D eigenvalue weighted by Gasteiger charge is -2.23. The third kappa shape index (κ3) is 1.58. The standard InChI is InChI=1S/C9H8F3NO3/c10-9(11,12)4-3-5(13)6(14)8-7(4)15-1-2-16-8/h3,14H,1-2,13H2. The monoisotopic (exact) mass is 235 g/mol. The number of alkyl halides is 3. The number of hydrogen-bond acceptors (Lipinski definition) is 4. The minimum Gasteiger partial charge on any atom is -0.503 e. The van der Waals surface area contributed by atoms with E-state index in [1.807, 2.05) is 0 Å². The van der Waals surface area contributed by atoms with E-state index in [4.69, 9.17) is 15.2 Å². The first kappa shape index (κ1) is 10.7. The van der Waals surface area contributed by atoms with Gasteiger partial charge < -0.3 is 20.3 Å². The summed E-state index contributed by atoms with van der Waals surface area (Å²) in [5.74, 6) is -1.38. The number of phenolic OH excluding ortho intramolecular Hbond substituents is 1. The number of rotatable bonds is 0. The first-order chi connectivity index (χ1) is 7.41. The van der Waals surface area contributed by atoms with Crippen molar-refractivity contribution in [3.63, 3.8) is 0 Å². The predicted octanol–water partition coefficient (Wildman–Crippen LogP) is 1.76. The lowest BCUT2D eigenvalue weighted by Crippen LogP contribution is -2.19. The molecule has 1 aliphatic rings. The first-order valence-electron chi connectivity index (χ1n) is 4.39. The van der Waals surface area contributed by atoms with Gasteiger partial charge in [0.15, 0.2) is 11.5 Å². The average Bonchev–Trinajstić information content (AvgIpc) is 2.22. The smallest absolute Gasteiger partial charge is 0.420 e. The lowest BCUT2D eigenvalue weighted by atomic mass is 10.1. The van der Waals surface area contributed by atoms with Gasteiger partial charge >= 0.3 is 6.18 Å². The molecule has 7 heteroatoms. The maximum atomic E-state index is 12.6. The van der Waals surface area contributed by atoms with E-state index in [9.17, 15) is 18.3 Å². The summed E-state index contributed by atoms with van der Waals surface area (Å²) < 4.78 is 47.6. The number of nitrogen functional groups attached to an aromatic ring is 1. The van der Waals surface area contributed by atoms with E-state index in [0.29, 0.717) is 6.07 Å². The molecule has 0 saturated carbocycles. The molecule has 4 nitrogen and oxygen atoms in total. The van der Waals surface area contributed by atoms with Gasteiger partial charge in [-0.3, -0.25) is 0 Å². The molecular formula is C9H8F3NO3. The van der Waals surface area contributed by atoms with Crippen molar-refractivity contribution in [2.45, 2.75) is 6.18 Å². The molecule has 1 heterocycles. The fourth-order valence-corrected chi connectivity index (χ4v) is 1.43. The molecule has 0 unspecified atom stereocenters. The van der Waals surface area contributed by atoms with E-state index in [0.717, 1.165) is 0 Å². The van der Waals surface area contributed by atoms with Crippen LogP contribution in [0.2, 0.25) is 0 Å². The summed E-state index contributed by atoms with van der Waals surface area (Å²) in [6.45, 7) is 0.0702. The molecule has 1 aliphatic heterocycles. The molecule has 0 radical (unpaired) electrons. The molecule has 0 saturated heterocycles. The van der Waals surface area contributed by atoms with E-state index in [2.05, 4.69) is 0 Å². The highest BCUT2D eigenvalue weighted by molar-refractivity contribution is 5.69. The van der Waals surface area contributed by atoms with Crippen LogP contribution in [-0.4, -0.2) is 18.3 Å². The van der Waals surface area contributed by atoms with Crippen LogP contribution in [0, 0.1) is 0 Å². The van der Waals surface area contributed by atoms with Crippen molar-refractivity contribution < 1.29 is 27.8 Å². The van der Waals surface area contributed by atoms with Crippen LogP contribution in [0.15, 0.2) is 6.07 Å². The number of phenols is 1. The molecule has 16 heavy (non-hydrogen) atoms. The van der Waals surface area contributed by atoms with Gasteiger partial charge in [0, 0.05) is 0 Å². The first-order valence-corrected chi connectivity index (χ1v) is 4.39. The van der Waals surface area contributed by atoms with Crippen LogP contribution in [-0.2, 0) is 6.18 Å². The molecule has 0 bridgehead atoms. The molecule has 88 valence electrons. The Balaban J connectivity index is 2.67. The Bertz CT molecular complexity index is 431. The molecule has 0 aliphatic carbocycles. The highest BCUT2D eigenvalue weighted by Crippen LogP contribution is 2.50. The highest BCUT2D eigenvalue weighted by atomic mass is 19.4. The number of halogens is 3. The Labute approximate surface area is 88.4 Å². The van der Waals surface area contributed by atoms with Crippen LogP contribution in [0.1, 0.15) is 5.56 Å². The second-order valence-electron chi connectivity index (χ2n) is 3.21. The van der Waals surface area contributed by atoms with Crippen LogP contribution in [0.3, 0.4) is 0 Å². The van der Waals surface area contributed by atoms with Crippen molar-refractivity contribution in [3.8, 4) is 17.2 Å². The lowest BCUT2D eigenvalue weighted by molar-refractivity contribution is -0.139. The summed E-state index contributed by atoms with van der Waals surface area (Å²) in [7, 11) is 0. The zero-order valence-corrected chi connectivity index (χ0v) is 7.97. The number of aromatic hydroxyl groups is 1. The molecule has 2 rings (SSSR count). The van der Waals surface area contributed by atoms with Crippen molar-refractivity contribution in [2.75, 3.05) is 18.9 Å². The van der Waals surface area contributed by atoms with Crippen LogP contribution in [0.25, 0.3) is 0 Å². The van der Waals surface area contributed by atoms with Crippen LogP contribution in [0.5, 0.6) is 17.2 Å². The van der Waals surface area contributed by atoms with Crippen molar-refractivity contribution in [1.29, 1.82) is 0 Å². The van der Waals surface area contributed by atoms with E-state index < -0.39 is 28.9 Å². The van der Waals surface area contributed by atoms with Gasteiger partial charge in [-0.05, 0) is 6.07 Å². The molecule has 0 fully saturated rings. The summed E-state index contributed by atoms with van der Waals surface area (Å²) in [5.41, 5.74) is 3.82. The molecule has 0 aromatic heterocycles. The van der Waals surface area contributed by atoms with Crippen LogP contribution < -0.4 is 15.2 Å². The van der Waals surface area contributed by atoms with Crippen LogP contribution in [0.4, 0.5) is 18.9 Å². The highest BCUT2D eigenvalue weighted by Gasteiger charge is 2.38. The Morgan fingerprint density at radius 3 is 2.31 bits per heavy atom. The normalized spacial score (nSPS) is 14.9. The Morgan fingerprint density at radius 2 is 1.75 bits per heavy atom. The number of fused-ring (bicyclic) bond motifs is 1. The Morgan fingerprint density at radius 1 is 1.19 bits per heavy atom. The topological polar surface area (TPSA) is 64.7 Å². The molecule has 0 atom stereocenters. The predicted molar refractivity (Wildman–Crippen MR) is 48.5 cm³/mol. The quantitative estimate of drug-likeness (QED) is 0.531. The van der Waals surface area contributed by atoms with Gasteiger partial charge in [0.1, 0.15) is 18.8 Å². The fraction of sp³-hybridized carbons (Fsp3) is 0.333. The SMILES string of the molecule is Nc1cc(C(F)(F)F)c2c(c1O)OCCO2. The van der Waals surface area contributed by atoms with Gasteiger partial charge in [-0.15, -0.1) is 0 Å². The third-order valence-corrected chi connectivity index (χ3v) is 2.12. The second-order valence-corrected chi connectivity index (χ2v) is 3.21. The van der Waals surface area contributed by atoms with Gasteiger partial charge in [-0.2, -0.15) is 13.2 Å². The Hall–Kier alpha value is -1.79. The van der Waals surface area contributed by atoms with Crippen molar-refractivity contribution in [1.82, 2.24) is 0 Å². The zero-order chi connectivity index (χ0) is 11.9. The van der Waals surface area contributed by atoms with E-state index in [-0.39, 0.29) is 19.0 Å².